The summed E-state index contributed by atoms with van der Waals surface area (Å²) < 4.78 is 0. The van der Waals surface area contributed by atoms with Crippen molar-refractivity contribution in [2.24, 2.45) is 0 Å². The van der Waals surface area contributed by atoms with E-state index in [1.54, 1.807) is 37.4 Å². The van der Waals surface area contributed by atoms with Crippen molar-refractivity contribution in [3.05, 3.63) is 52.3 Å². The summed E-state index contributed by atoms with van der Waals surface area (Å²) in [5.74, 6) is -0.267. The molecule has 0 bridgehead atoms. The number of benzene rings is 1. The Morgan fingerprint density at radius 2 is 1.81 bits per heavy atom. The minimum atomic E-state index is -0.359. The Morgan fingerprint density at radius 3 is 2.42 bits per heavy atom. The van der Waals surface area contributed by atoms with Gasteiger partial charge in [-0.05, 0) is 24.3 Å². The number of halogens is 2. The molecule has 3 rings (SSSR count). The van der Waals surface area contributed by atoms with E-state index in [2.05, 4.69) is 15.2 Å². The average molecular weight is 393 g/mol. The molecule has 2 aromatic rings. The largest absolute Gasteiger partial charge is 0.367 e. The summed E-state index contributed by atoms with van der Waals surface area (Å²) in [4.78, 5) is 31.9. The van der Waals surface area contributed by atoms with Gasteiger partial charge in [0.05, 0.1) is 27.6 Å². The van der Waals surface area contributed by atoms with E-state index < -0.39 is 0 Å². The van der Waals surface area contributed by atoms with Crippen LogP contribution in [-0.4, -0.2) is 47.9 Å². The maximum absolute atomic E-state index is 12.4. The molecule has 0 aliphatic carbocycles. The zero-order chi connectivity index (χ0) is 18.7. The van der Waals surface area contributed by atoms with E-state index in [0.717, 1.165) is 18.8 Å². The zero-order valence-corrected chi connectivity index (χ0v) is 15.7. The second kappa shape index (κ2) is 7.93. The fourth-order valence-electron chi connectivity index (χ4n) is 2.77. The van der Waals surface area contributed by atoms with Gasteiger partial charge in [-0.15, -0.1) is 0 Å². The van der Waals surface area contributed by atoms with Crippen LogP contribution in [0, 0.1) is 0 Å². The fourth-order valence-corrected chi connectivity index (χ4v) is 3.12. The van der Waals surface area contributed by atoms with Gasteiger partial charge in [0.25, 0.3) is 5.91 Å². The minimum absolute atomic E-state index is 0.0921. The van der Waals surface area contributed by atoms with E-state index in [1.165, 1.54) is 0 Å². The molecule has 0 saturated carbocycles. The van der Waals surface area contributed by atoms with Crippen molar-refractivity contribution in [3.8, 4) is 0 Å². The molecule has 2 amide bonds. The van der Waals surface area contributed by atoms with E-state index in [9.17, 15) is 9.59 Å². The van der Waals surface area contributed by atoms with Gasteiger partial charge in [0, 0.05) is 33.1 Å². The summed E-state index contributed by atoms with van der Waals surface area (Å²) in [5.41, 5.74) is 1.65. The van der Waals surface area contributed by atoms with Gasteiger partial charge >= 0.3 is 0 Å². The van der Waals surface area contributed by atoms with Gasteiger partial charge in [-0.25, -0.2) is 4.98 Å². The Hall–Kier alpha value is -2.31. The molecule has 26 heavy (non-hydrogen) atoms. The Balaban J connectivity index is 1.65. The van der Waals surface area contributed by atoms with Crippen LogP contribution in [0.3, 0.4) is 0 Å². The number of carbonyl (C=O) groups is 2. The topological polar surface area (TPSA) is 65.5 Å². The highest BCUT2D eigenvalue weighted by atomic mass is 35.5. The molecule has 0 spiro atoms. The quantitative estimate of drug-likeness (QED) is 0.869. The van der Waals surface area contributed by atoms with Crippen LogP contribution in [-0.2, 0) is 4.79 Å². The Morgan fingerprint density at radius 1 is 1.08 bits per heavy atom. The summed E-state index contributed by atoms with van der Waals surface area (Å²) in [6, 6.07) is 8.56. The summed E-state index contributed by atoms with van der Waals surface area (Å²) in [6.45, 7) is 4.43. The number of carbonyl (C=O) groups excluding carboxylic acids is 2. The molecule has 0 radical (unpaired) electrons. The van der Waals surface area contributed by atoms with Crippen molar-refractivity contribution in [1.29, 1.82) is 0 Å². The molecule has 8 heteroatoms. The lowest BCUT2D eigenvalue weighted by molar-refractivity contribution is -0.129. The first kappa shape index (κ1) is 18.5. The summed E-state index contributed by atoms with van der Waals surface area (Å²) in [7, 11) is 0. The predicted molar refractivity (Wildman–Crippen MR) is 103 cm³/mol. The molecule has 1 fully saturated rings. The van der Waals surface area contributed by atoms with E-state index in [1.807, 2.05) is 11.0 Å². The lowest BCUT2D eigenvalue weighted by Crippen LogP contribution is -2.48. The zero-order valence-electron chi connectivity index (χ0n) is 14.2. The van der Waals surface area contributed by atoms with Crippen molar-refractivity contribution in [1.82, 2.24) is 9.88 Å². The van der Waals surface area contributed by atoms with Gasteiger partial charge in [-0.3, -0.25) is 9.59 Å². The maximum Gasteiger partial charge on any atom is 0.274 e. The molecule has 1 aromatic carbocycles. The Bertz CT molecular complexity index is 818. The van der Waals surface area contributed by atoms with Gasteiger partial charge in [0.2, 0.25) is 5.91 Å². The number of nitrogens with zero attached hydrogens (tertiary/aromatic N) is 3. The van der Waals surface area contributed by atoms with Crippen molar-refractivity contribution in [2.75, 3.05) is 36.4 Å². The average Bonchev–Trinajstić information content (AvgIpc) is 2.65. The summed E-state index contributed by atoms with van der Waals surface area (Å²) >= 11 is 12.0. The van der Waals surface area contributed by atoms with E-state index in [0.29, 0.717) is 28.8 Å². The molecule has 136 valence electrons. The van der Waals surface area contributed by atoms with Crippen LogP contribution in [0.5, 0.6) is 0 Å². The van der Waals surface area contributed by atoms with Crippen LogP contribution >= 0.6 is 23.2 Å². The lowest BCUT2D eigenvalue weighted by atomic mass is 10.2. The van der Waals surface area contributed by atoms with Crippen LogP contribution in [0.1, 0.15) is 17.4 Å². The number of hydrogen-bond donors (Lipinski definition) is 1. The number of pyridine rings is 1. The number of aromatic nitrogens is 1. The molecular formula is C18H18Cl2N4O2. The highest BCUT2D eigenvalue weighted by Gasteiger charge is 2.19. The van der Waals surface area contributed by atoms with Crippen LogP contribution in [0.15, 0.2) is 36.5 Å². The molecule has 1 aliphatic heterocycles. The first-order valence-corrected chi connectivity index (χ1v) is 8.93. The first-order chi connectivity index (χ1) is 12.5. The second-order valence-electron chi connectivity index (χ2n) is 5.95. The van der Waals surface area contributed by atoms with Crippen molar-refractivity contribution >= 4 is 46.4 Å². The van der Waals surface area contributed by atoms with Gasteiger partial charge in [0.1, 0.15) is 5.69 Å². The van der Waals surface area contributed by atoms with Crippen LogP contribution < -0.4 is 10.2 Å². The number of nitrogens with one attached hydrogen (secondary N) is 1. The van der Waals surface area contributed by atoms with Gasteiger partial charge in [-0.1, -0.05) is 29.3 Å². The van der Waals surface area contributed by atoms with Crippen LogP contribution in [0.2, 0.25) is 10.0 Å². The van der Waals surface area contributed by atoms with Gasteiger partial charge in [0.15, 0.2) is 0 Å². The van der Waals surface area contributed by atoms with Gasteiger partial charge in [-0.2, -0.15) is 0 Å². The van der Waals surface area contributed by atoms with Crippen LogP contribution in [0.25, 0.3) is 0 Å². The number of hydrogen-bond acceptors (Lipinski definition) is 4. The number of rotatable bonds is 3. The standard InChI is InChI=1S/C18H18Cl2N4O2/c1-12(25)23-7-9-24(10-8-23)13-5-6-16(21-11-13)18(26)22-15-4-2-3-14(19)17(15)20/h2-6,11H,7-10H2,1H3,(H,22,26). The molecule has 0 atom stereocenters. The molecule has 1 saturated heterocycles. The highest BCUT2D eigenvalue weighted by molar-refractivity contribution is 6.44. The number of piperazine rings is 1. The van der Waals surface area contributed by atoms with Crippen molar-refractivity contribution in [2.45, 2.75) is 6.92 Å². The molecule has 6 nitrogen and oxygen atoms in total. The number of anilines is 2. The van der Waals surface area contributed by atoms with Crippen molar-refractivity contribution < 1.29 is 9.59 Å². The highest BCUT2D eigenvalue weighted by Crippen LogP contribution is 2.29. The van der Waals surface area contributed by atoms with E-state index in [-0.39, 0.29) is 17.5 Å². The van der Waals surface area contributed by atoms with E-state index >= 15 is 0 Å². The third-order valence-corrected chi connectivity index (χ3v) is 5.09. The molecule has 2 heterocycles. The normalized spacial score (nSPS) is 14.3. The predicted octanol–water partition coefficient (Wildman–Crippen LogP) is 3.31. The Kier molecular flexibility index (Phi) is 5.64. The molecule has 0 unspecified atom stereocenters. The lowest BCUT2D eigenvalue weighted by Gasteiger charge is -2.35. The third-order valence-electron chi connectivity index (χ3n) is 4.27. The molecule has 1 aromatic heterocycles. The number of amides is 2. The molecular weight excluding hydrogens is 375 g/mol. The molecule has 1 aliphatic rings. The second-order valence-corrected chi connectivity index (χ2v) is 6.74. The van der Waals surface area contributed by atoms with Crippen molar-refractivity contribution in [3.63, 3.8) is 0 Å². The monoisotopic (exact) mass is 392 g/mol. The summed E-state index contributed by atoms with van der Waals surface area (Å²) in [6.07, 6.45) is 1.66. The van der Waals surface area contributed by atoms with E-state index in [4.69, 9.17) is 23.2 Å². The smallest absolute Gasteiger partial charge is 0.274 e. The maximum atomic E-state index is 12.4. The van der Waals surface area contributed by atoms with Crippen LogP contribution in [0.4, 0.5) is 11.4 Å². The first-order valence-electron chi connectivity index (χ1n) is 8.17. The molecule has 1 N–H and O–H groups in total. The summed E-state index contributed by atoms with van der Waals surface area (Å²) in [5, 5.41) is 3.38. The van der Waals surface area contributed by atoms with Gasteiger partial charge < -0.3 is 15.1 Å². The third kappa shape index (κ3) is 4.08. The SMILES string of the molecule is CC(=O)N1CCN(c2ccc(C(=O)Nc3cccc(Cl)c3Cl)nc2)CC1. The Labute approximate surface area is 161 Å². The minimum Gasteiger partial charge on any atom is -0.367 e. The fraction of sp³-hybridized carbons (Fsp3) is 0.278.